The average molecular weight is 240 g/mol. The van der Waals surface area contributed by atoms with Crippen molar-refractivity contribution in [2.24, 2.45) is 5.92 Å². The highest BCUT2D eigenvalue weighted by molar-refractivity contribution is 4.74. The predicted octanol–water partition coefficient (Wildman–Crippen LogP) is 3.28. The van der Waals surface area contributed by atoms with Crippen LogP contribution in [0.2, 0.25) is 0 Å². The van der Waals surface area contributed by atoms with Crippen LogP contribution in [0.5, 0.6) is 0 Å². The predicted molar refractivity (Wildman–Crippen MR) is 76.4 cm³/mol. The molecule has 0 aliphatic carbocycles. The molecule has 1 aliphatic rings. The van der Waals surface area contributed by atoms with Crippen LogP contribution in [-0.2, 0) is 0 Å². The maximum atomic E-state index is 3.75. The van der Waals surface area contributed by atoms with Crippen molar-refractivity contribution in [2.75, 3.05) is 26.2 Å². The highest BCUT2D eigenvalue weighted by Crippen LogP contribution is 2.11. The highest BCUT2D eigenvalue weighted by Gasteiger charge is 2.15. The summed E-state index contributed by atoms with van der Waals surface area (Å²) in [4.78, 5) is 2.63. The van der Waals surface area contributed by atoms with Gasteiger partial charge in [-0.25, -0.2) is 0 Å². The summed E-state index contributed by atoms with van der Waals surface area (Å²) in [5.41, 5.74) is 0. The van der Waals surface area contributed by atoms with Gasteiger partial charge in [-0.3, -0.25) is 0 Å². The van der Waals surface area contributed by atoms with Crippen LogP contribution in [0.15, 0.2) is 0 Å². The first-order chi connectivity index (χ1) is 8.22. The lowest BCUT2D eigenvalue weighted by Crippen LogP contribution is -2.32. The first-order valence-electron chi connectivity index (χ1n) is 7.68. The molecule has 1 rings (SSSR count). The van der Waals surface area contributed by atoms with Gasteiger partial charge in [0, 0.05) is 6.04 Å². The average Bonchev–Trinajstić information content (AvgIpc) is 2.51. The molecule has 0 aromatic carbocycles. The second kappa shape index (κ2) is 8.93. The summed E-state index contributed by atoms with van der Waals surface area (Å²) in [6.07, 6.45) is 8.10. The molecule has 0 bridgehead atoms. The molecule has 1 heterocycles. The number of nitrogens with one attached hydrogen (secondary N) is 1. The van der Waals surface area contributed by atoms with Crippen molar-refractivity contribution < 1.29 is 0 Å². The van der Waals surface area contributed by atoms with Crippen LogP contribution >= 0.6 is 0 Å². The molecule has 1 aliphatic heterocycles. The van der Waals surface area contributed by atoms with Crippen LogP contribution in [-0.4, -0.2) is 37.1 Å². The number of hydrogen-bond donors (Lipinski definition) is 1. The molecular formula is C15H32N2. The molecule has 1 saturated heterocycles. The minimum absolute atomic E-state index is 0.781. The minimum atomic E-state index is 0.781. The molecule has 2 heteroatoms. The van der Waals surface area contributed by atoms with Crippen molar-refractivity contribution in [2.45, 2.75) is 65.3 Å². The fourth-order valence-corrected chi connectivity index (χ4v) is 2.72. The Morgan fingerprint density at radius 2 is 2.06 bits per heavy atom. The number of hydrogen-bond acceptors (Lipinski definition) is 2. The summed E-state index contributed by atoms with van der Waals surface area (Å²) in [5, 5.41) is 3.75. The molecule has 17 heavy (non-hydrogen) atoms. The van der Waals surface area contributed by atoms with Crippen LogP contribution in [0.1, 0.15) is 59.3 Å². The van der Waals surface area contributed by atoms with E-state index in [0.29, 0.717) is 0 Å². The smallest absolute Gasteiger partial charge is 0.00797 e. The van der Waals surface area contributed by atoms with Gasteiger partial charge in [0.2, 0.25) is 0 Å². The molecular weight excluding hydrogens is 208 g/mol. The van der Waals surface area contributed by atoms with E-state index in [2.05, 4.69) is 31.0 Å². The Bertz CT molecular complexity index is 180. The monoisotopic (exact) mass is 240 g/mol. The van der Waals surface area contributed by atoms with Gasteiger partial charge in [0.15, 0.2) is 0 Å². The highest BCUT2D eigenvalue weighted by atomic mass is 15.1. The van der Waals surface area contributed by atoms with Gasteiger partial charge in [-0.2, -0.15) is 0 Å². The lowest BCUT2D eigenvalue weighted by molar-refractivity contribution is 0.282. The van der Waals surface area contributed by atoms with Gasteiger partial charge in [0.1, 0.15) is 0 Å². The summed E-state index contributed by atoms with van der Waals surface area (Å²) >= 11 is 0. The molecule has 102 valence electrons. The molecule has 1 atom stereocenters. The minimum Gasteiger partial charge on any atom is -0.314 e. The lowest BCUT2D eigenvalue weighted by atomic mass is 10.1. The van der Waals surface area contributed by atoms with Gasteiger partial charge >= 0.3 is 0 Å². The molecule has 0 radical (unpaired) electrons. The second-order valence-corrected chi connectivity index (χ2v) is 5.96. The molecule has 0 spiro atoms. The van der Waals surface area contributed by atoms with Gasteiger partial charge in [-0.05, 0) is 70.6 Å². The summed E-state index contributed by atoms with van der Waals surface area (Å²) in [7, 11) is 0. The molecule has 0 saturated carbocycles. The maximum Gasteiger partial charge on any atom is 0.00797 e. The number of nitrogens with zero attached hydrogens (tertiary/aromatic N) is 1. The summed E-state index contributed by atoms with van der Waals surface area (Å²) in [6.45, 7) is 12.0. The first kappa shape index (κ1) is 15.0. The third-order valence-electron chi connectivity index (χ3n) is 3.75. The van der Waals surface area contributed by atoms with Crippen molar-refractivity contribution in [1.82, 2.24) is 10.2 Å². The molecule has 0 aromatic rings. The van der Waals surface area contributed by atoms with Crippen LogP contribution in [0.25, 0.3) is 0 Å². The van der Waals surface area contributed by atoms with Gasteiger partial charge in [-0.1, -0.05) is 20.8 Å². The molecule has 1 fully saturated rings. The van der Waals surface area contributed by atoms with Gasteiger partial charge in [-0.15, -0.1) is 0 Å². The van der Waals surface area contributed by atoms with Crippen LogP contribution in [0.3, 0.4) is 0 Å². The Labute approximate surface area is 108 Å². The fourth-order valence-electron chi connectivity index (χ4n) is 2.72. The third-order valence-corrected chi connectivity index (χ3v) is 3.75. The maximum absolute atomic E-state index is 3.75. The molecule has 1 N–H and O–H groups in total. The Balaban J connectivity index is 2.09. The van der Waals surface area contributed by atoms with E-state index in [0.717, 1.165) is 12.0 Å². The van der Waals surface area contributed by atoms with E-state index in [1.165, 1.54) is 64.7 Å². The molecule has 0 amide bonds. The Morgan fingerprint density at radius 3 is 2.76 bits per heavy atom. The Hall–Kier alpha value is -0.0800. The normalized spacial score (nSPS) is 22.9. The van der Waals surface area contributed by atoms with Crippen molar-refractivity contribution in [3.05, 3.63) is 0 Å². The van der Waals surface area contributed by atoms with E-state index >= 15 is 0 Å². The van der Waals surface area contributed by atoms with E-state index in [-0.39, 0.29) is 0 Å². The zero-order valence-corrected chi connectivity index (χ0v) is 12.2. The summed E-state index contributed by atoms with van der Waals surface area (Å²) < 4.78 is 0. The van der Waals surface area contributed by atoms with Gasteiger partial charge in [0.25, 0.3) is 0 Å². The fraction of sp³-hybridized carbons (Fsp3) is 1.00. The molecule has 1 unspecified atom stereocenters. The SMILES string of the molecule is CCCN1CCCC(NCCCC(C)C)CC1. The van der Waals surface area contributed by atoms with Crippen molar-refractivity contribution in [3.8, 4) is 0 Å². The quantitative estimate of drug-likeness (QED) is 0.687. The van der Waals surface area contributed by atoms with Crippen LogP contribution in [0, 0.1) is 5.92 Å². The van der Waals surface area contributed by atoms with Gasteiger partial charge < -0.3 is 10.2 Å². The van der Waals surface area contributed by atoms with E-state index in [9.17, 15) is 0 Å². The van der Waals surface area contributed by atoms with Gasteiger partial charge in [0.05, 0.1) is 0 Å². The van der Waals surface area contributed by atoms with Crippen molar-refractivity contribution in [1.29, 1.82) is 0 Å². The lowest BCUT2D eigenvalue weighted by Gasteiger charge is -2.19. The Kier molecular flexibility index (Phi) is 7.87. The van der Waals surface area contributed by atoms with E-state index < -0.39 is 0 Å². The van der Waals surface area contributed by atoms with Crippen LogP contribution < -0.4 is 5.32 Å². The summed E-state index contributed by atoms with van der Waals surface area (Å²) in [6, 6.07) is 0.781. The van der Waals surface area contributed by atoms with E-state index in [4.69, 9.17) is 0 Å². The van der Waals surface area contributed by atoms with Crippen molar-refractivity contribution >= 4 is 0 Å². The third kappa shape index (κ3) is 7.05. The molecule has 2 nitrogen and oxygen atoms in total. The second-order valence-electron chi connectivity index (χ2n) is 5.96. The first-order valence-corrected chi connectivity index (χ1v) is 7.68. The Morgan fingerprint density at radius 1 is 1.24 bits per heavy atom. The van der Waals surface area contributed by atoms with Crippen molar-refractivity contribution in [3.63, 3.8) is 0 Å². The van der Waals surface area contributed by atoms with Crippen LogP contribution in [0.4, 0.5) is 0 Å². The largest absolute Gasteiger partial charge is 0.314 e. The number of likely N-dealkylation sites (tertiary alicyclic amines) is 1. The van der Waals surface area contributed by atoms with E-state index in [1.807, 2.05) is 0 Å². The summed E-state index contributed by atoms with van der Waals surface area (Å²) in [5.74, 6) is 0.853. The standard InChI is InChI=1S/C15H32N2/c1-4-11-17-12-6-8-15(9-13-17)16-10-5-7-14(2)3/h14-16H,4-13H2,1-3H3. The van der Waals surface area contributed by atoms with E-state index in [1.54, 1.807) is 0 Å². The number of rotatable bonds is 7. The topological polar surface area (TPSA) is 15.3 Å². The molecule has 0 aromatic heterocycles. The zero-order chi connectivity index (χ0) is 12.5. The zero-order valence-electron chi connectivity index (χ0n) is 12.2.